The van der Waals surface area contributed by atoms with Crippen LogP contribution in [0.5, 0.6) is 5.75 Å². The van der Waals surface area contributed by atoms with Gasteiger partial charge in [0.05, 0.1) is 20.4 Å². The third-order valence-corrected chi connectivity index (χ3v) is 13.8. The fraction of sp³-hybridized carbons (Fsp3) is 0.158. The molecule has 0 aliphatic carbocycles. The largest absolute Gasteiger partial charge is 1.00 e. The van der Waals surface area contributed by atoms with Crippen molar-refractivity contribution < 1.29 is 137 Å². The maximum atomic E-state index is 12.7. The Hall–Kier alpha value is -2.67. The summed E-state index contributed by atoms with van der Waals surface area (Å²) in [5.41, 5.74) is -0.952. The number of aromatic nitrogens is 3. The molecule has 0 spiro atoms. The van der Waals surface area contributed by atoms with Crippen LogP contribution >= 0.6 is 31.9 Å². The number of phenols is 1. The molecule has 5 aromatic carbocycles. The van der Waals surface area contributed by atoms with Gasteiger partial charge in [0.1, 0.15) is 46.6 Å². The Morgan fingerprint density at radius 2 is 1.26 bits per heavy atom. The van der Waals surface area contributed by atoms with E-state index in [9.17, 15) is 48.8 Å². The van der Waals surface area contributed by atoms with Gasteiger partial charge >= 0.3 is 88.7 Å². The molecule has 0 radical (unpaired) electrons. The monoisotopic (exact) mass is 1110 g/mol. The van der Waals surface area contributed by atoms with E-state index in [-0.39, 0.29) is 118 Å². The van der Waals surface area contributed by atoms with Crippen LogP contribution in [-0.4, -0.2) is 88.1 Å². The first-order chi connectivity index (χ1) is 29.7. The maximum Gasteiger partial charge on any atom is 1.00 e. The van der Waals surface area contributed by atoms with E-state index >= 15 is 0 Å². The molecule has 66 heavy (non-hydrogen) atoms. The number of halogens is 2. The number of nitrogens with one attached hydrogen (secondary N) is 2. The second kappa shape index (κ2) is 24.2. The van der Waals surface area contributed by atoms with Crippen molar-refractivity contribution in [3.05, 3.63) is 97.1 Å². The number of nitrogens with zero attached hydrogens (tertiary/aromatic N) is 7. The molecular weight excluding hydrogens is 1080 g/mol. The van der Waals surface area contributed by atoms with Gasteiger partial charge < -0.3 is 39.2 Å². The summed E-state index contributed by atoms with van der Waals surface area (Å²) in [6.07, 6.45) is 0. The number of carbonyl (C=O) groups excluding carboxylic acids is 1. The fourth-order valence-corrected chi connectivity index (χ4v) is 8.31. The van der Waals surface area contributed by atoms with Crippen molar-refractivity contribution >= 4 is 131 Å². The Kier molecular flexibility index (Phi) is 21.2. The molecule has 0 aliphatic rings. The number of rotatable bonds is 16. The number of aromatic hydroxyl groups is 1. The van der Waals surface area contributed by atoms with Crippen molar-refractivity contribution in [1.82, 2.24) is 15.0 Å². The smallest absolute Gasteiger partial charge is 0.744 e. The van der Waals surface area contributed by atoms with Crippen molar-refractivity contribution in [2.75, 3.05) is 38.9 Å². The van der Waals surface area contributed by atoms with Gasteiger partial charge in [-0.05, 0) is 79.9 Å². The van der Waals surface area contributed by atoms with Crippen LogP contribution in [0.25, 0.3) is 10.8 Å². The molecular formula is C38H32Br2N9Na3O11S3. The molecule has 3 N–H and O–H groups in total. The van der Waals surface area contributed by atoms with Crippen LogP contribution in [0.3, 0.4) is 0 Å². The average Bonchev–Trinajstić information content (AvgIpc) is 3.23. The number of azo groups is 1. The minimum Gasteiger partial charge on any atom is -0.744 e. The maximum absolute atomic E-state index is 12.7. The summed E-state index contributed by atoms with van der Waals surface area (Å²) in [6.45, 7) is 4.37. The van der Waals surface area contributed by atoms with Crippen molar-refractivity contribution in [2.45, 2.75) is 33.4 Å². The van der Waals surface area contributed by atoms with Gasteiger partial charge in [-0.3, -0.25) is 4.79 Å². The van der Waals surface area contributed by atoms with E-state index < -0.39 is 89.4 Å². The first kappa shape index (κ1) is 57.6. The van der Waals surface area contributed by atoms with Crippen LogP contribution in [0, 0.1) is 0 Å². The number of alkyl halides is 2. The normalized spacial score (nSPS) is 12.0. The molecule has 0 saturated heterocycles. The summed E-state index contributed by atoms with van der Waals surface area (Å²) < 4.78 is 112. The predicted octanol–water partition coefficient (Wildman–Crippen LogP) is -1.97. The molecule has 6 aromatic rings. The van der Waals surface area contributed by atoms with E-state index in [0.717, 1.165) is 24.3 Å². The number of para-hydroxylation sites is 2. The Bertz CT molecular complexity index is 3030. The number of fused-ring (bicyclic) bond motifs is 1. The van der Waals surface area contributed by atoms with Crippen molar-refractivity contribution in [1.29, 1.82) is 0 Å². The van der Waals surface area contributed by atoms with Crippen molar-refractivity contribution in [2.24, 2.45) is 10.2 Å². The van der Waals surface area contributed by atoms with Crippen LogP contribution in [-0.2, 0) is 35.1 Å². The van der Waals surface area contributed by atoms with Crippen LogP contribution in [0.2, 0.25) is 0 Å². The zero-order valence-electron chi connectivity index (χ0n) is 35.6. The van der Waals surface area contributed by atoms with Gasteiger partial charge in [-0.25, -0.2) is 25.3 Å². The topological polar surface area (TPSA) is 303 Å². The van der Waals surface area contributed by atoms with Gasteiger partial charge in [-0.15, -0.1) is 10.2 Å². The fourth-order valence-electron chi connectivity index (χ4n) is 6.14. The van der Waals surface area contributed by atoms with Crippen molar-refractivity contribution in [3.8, 4) is 5.75 Å². The summed E-state index contributed by atoms with van der Waals surface area (Å²) in [7, 11) is -16.3. The molecule has 1 unspecified atom stereocenters. The van der Waals surface area contributed by atoms with E-state index in [1.807, 2.05) is 50.2 Å². The minimum atomic E-state index is -5.64. The van der Waals surface area contributed by atoms with Gasteiger partial charge in [0.2, 0.25) is 23.8 Å². The average molecular weight is 1120 g/mol. The Labute approximate surface area is 462 Å². The predicted molar refractivity (Wildman–Crippen MR) is 237 cm³/mol. The number of hydrogen-bond acceptors (Lipinski definition) is 19. The molecule has 0 saturated carbocycles. The zero-order valence-corrected chi connectivity index (χ0v) is 47.2. The molecule has 28 heteroatoms. The molecule has 1 amide bonds. The molecule has 1 atom stereocenters. The second-order valence-corrected chi connectivity index (χ2v) is 18.9. The zero-order chi connectivity index (χ0) is 45.9. The summed E-state index contributed by atoms with van der Waals surface area (Å²) >= 11 is 6.27. The third kappa shape index (κ3) is 13.8. The summed E-state index contributed by atoms with van der Waals surface area (Å²) in [6, 6.07) is 23.0. The van der Waals surface area contributed by atoms with E-state index in [1.165, 1.54) is 0 Å². The molecule has 20 nitrogen and oxygen atoms in total. The van der Waals surface area contributed by atoms with E-state index in [0.29, 0.717) is 36.6 Å². The van der Waals surface area contributed by atoms with Crippen molar-refractivity contribution in [3.63, 3.8) is 0 Å². The number of phenolic OH excluding ortho intramolecular Hbond substituents is 1. The quantitative estimate of drug-likeness (QED) is 0.0410. The Balaban J connectivity index is 0.00000385. The minimum absolute atomic E-state index is 0. The summed E-state index contributed by atoms with van der Waals surface area (Å²) in [4.78, 5) is 26.0. The van der Waals surface area contributed by atoms with E-state index in [1.54, 1.807) is 34.1 Å². The van der Waals surface area contributed by atoms with Gasteiger partial charge in [-0.1, -0.05) is 68.3 Å². The SMILES string of the molecule is CCN(c1ccccc1)c1nc(Nc2cc(S(=O)(=O)[O-])cc3cc(S(=O)(=O)[O-])c(N=Nc4cc(NC(=O)C(Br)CBr)ccc4S(=O)(=O)[O-])c(O)c23)nc(N(CC)c2ccccc2)n1.[Na+].[Na+].[Na+]. The number of anilines is 7. The van der Waals surface area contributed by atoms with Crippen LogP contribution in [0.4, 0.5) is 52.0 Å². The number of benzene rings is 5. The molecule has 1 aromatic heterocycles. The molecule has 0 bridgehead atoms. The number of carbonyl (C=O) groups is 1. The third-order valence-electron chi connectivity index (χ3n) is 8.96. The first-order valence-corrected chi connectivity index (χ1v) is 24.5. The van der Waals surface area contributed by atoms with Crippen LogP contribution in [0.15, 0.2) is 122 Å². The Morgan fingerprint density at radius 3 is 1.73 bits per heavy atom. The second-order valence-electron chi connectivity index (χ2n) is 13.0. The summed E-state index contributed by atoms with van der Waals surface area (Å²) in [5.74, 6) is -1.80. The van der Waals surface area contributed by atoms with Gasteiger partial charge in [0.25, 0.3) is 0 Å². The molecule has 0 fully saturated rings. The van der Waals surface area contributed by atoms with E-state index in [2.05, 4.69) is 62.7 Å². The standard InChI is InChI=1S/C38H35Br2N9O11S3.3Na/c1-3-48(24-11-7-5-8-12-24)37-43-36(44-38(45-37)49(4-2)25-13-9-6-10-14-25)42-29-20-26(61(52,53)54)17-22-18-31(63(58,59)60)33(34(50)32(22)29)47-46-28-19-23(41-35(51)27(40)21-39)15-16-30(28)62(55,56)57;;;/h5-20,27,50H,3-4,21H2,1-2H3,(H,41,51)(H,52,53,54)(H,55,56,57)(H,58,59,60)(H,42,43,44,45);;;/q;3*+1/p-3. The van der Waals surface area contributed by atoms with Gasteiger partial charge in [0.15, 0.2) is 5.75 Å². The van der Waals surface area contributed by atoms with Gasteiger partial charge in [0, 0.05) is 40.9 Å². The molecule has 330 valence electrons. The molecule has 6 rings (SSSR count). The van der Waals surface area contributed by atoms with Gasteiger partial charge in [-0.2, -0.15) is 15.0 Å². The summed E-state index contributed by atoms with van der Waals surface area (Å²) in [5, 5.41) is 23.8. The van der Waals surface area contributed by atoms with Crippen LogP contribution < -0.4 is 109 Å². The van der Waals surface area contributed by atoms with E-state index in [4.69, 9.17) is 4.98 Å². The first-order valence-electron chi connectivity index (χ1n) is 18.2. The number of hydrogen-bond donors (Lipinski definition) is 3. The molecule has 1 heterocycles. The Morgan fingerprint density at radius 1 is 0.727 bits per heavy atom. The molecule has 0 aliphatic heterocycles. The van der Waals surface area contributed by atoms with Crippen LogP contribution in [0.1, 0.15) is 13.8 Å². The number of amides is 1.